The summed E-state index contributed by atoms with van der Waals surface area (Å²) in [4.78, 5) is 7.39. The molecule has 1 fully saturated rings. The molecule has 4 heteroatoms. The molecule has 1 saturated heterocycles. The van der Waals surface area contributed by atoms with Gasteiger partial charge in [-0.1, -0.05) is 13.0 Å². The average molecular weight is 306 g/mol. The first-order valence-corrected chi connectivity index (χ1v) is 8.52. The molecule has 0 radical (unpaired) electrons. The third-order valence-electron chi connectivity index (χ3n) is 4.53. The highest BCUT2D eigenvalue weighted by molar-refractivity contribution is 6.17. The van der Waals surface area contributed by atoms with Crippen LogP contribution in [0.3, 0.4) is 0 Å². The first-order valence-electron chi connectivity index (χ1n) is 7.98. The van der Waals surface area contributed by atoms with Gasteiger partial charge in [-0.3, -0.25) is 0 Å². The van der Waals surface area contributed by atoms with E-state index in [2.05, 4.69) is 41.5 Å². The monoisotopic (exact) mass is 305 g/mol. The SMILES string of the molecule is CCN1CCCC(n2c(CCCl)nc3cc(C)ccc32)C1. The number of likely N-dealkylation sites (tertiary alicyclic amines) is 1. The number of imidazole rings is 1. The summed E-state index contributed by atoms with van der Waals surface area (Å²) in [5, 5.41) is 0. The fourth-order valence-electron chi connectivity index (χ4n) is 3.46. The maximum absolute atomic E-state index is 6.00. The van der Waals surface area contributed by atoms with Crippen molar-refractivity contribution in [3.63, 3.8) is 0 Å². The van der Waals surface area contributed by atoms with Crippen LogP contribution in [-0.4, -0.2) is 40.0 Å². The highest BCUT2D eigenvalue weighted by atomic mass is 35.5. The second-order valence-electron chi connectivity index (χ2n) is 6.02. The van der Waals surface area contributed by atoms with E-state index in [9.17, 15) is 0 Å². The first kappa shape index (κ1) is 14.9. The van der Waals surface area contributed by atoms with E-state index in [0.717, 1.165) is 30.9 Å². The van der Waals surface area contributed by atoms with Crippen LogP contribution in [0.25, 0.3) is 11.0 Å². The second-order valence-corrected chi connectivity index (χ2v) is 6.40. The Morgan fingerprint density at radius 3 is 3.00 bits per heavy atom. The van der Waals surface area contributed by atoms with Crippen molar-refractivity contribution in [3.05, 3.63) is 29.6 Å². The van der Waals surface area contributed by atoms with Gasteiger partial charge in [-0.15, -0.1) is 11.6 Å². The Morgan fingerprint density at radius 2 is 2.24 bits per heavy atom. The number of aromatic nitrogens is 2. The van der Waals surface area contributed by atoms with E-state index in [1.54, 1.807) is 0 Å². The van der Waals surface area contributed by atoms with E-state index in [1.165, 1.54) is 30.5 Å². The standard InChI is InChI=1S/C17H24ClN3/c1-3-20-10-4-5-14(12-20)21-16-7-6-13(2)11-15(16)19-17(21)8-9-18/h6-7,11,14H,3-5,8-10,12H2,1-2H3. The first-order chi connectivity index (χ1) is 10.2. The zero-order valence-electron chi connectivity index (χ0n) is 13.0. The quantitative estimate of drug-likeness (QED) is 0.802. The third kappa shape index (κ3) is 2.95. The average Bonchev–Trinajstić information content (AvgIpc) is 2.84. The largest absolute Gasteiger partial charge is 0.324 e. The molecule has 1 aromatic heterocycles. The molecule has 1 atom stereocenters. The number of halogens is 1. The Hall–Kier alpha value is -1.06. The minimum atomic E-state index is 0.532. The second kappa shape index (κ2) is 6.37. The van der Waals surface area contributed by atoms with Crippen LogP contribution in [0, 0.1) is 6.92 Å². The molecule has 1 aliphatic rings. The van der Waals surface area contributed by atoms with E-state index < -0.39 is 0 Å². The Labute approximate surface area is 131 Å². The summed E-state index contributed by atoms with van der Waals surface area (Å²) in [6, 6.07) is 7.12. The lowest BCUT2D eigenvalue weighted by atomic mass is 10.0. The van der Waals surface area contributed by atoms with Gasteiger partial charge in [0.15, 0.2) is 0 Å². The molecular formula is C17H24ClN3. The van der Waals surface area contributed by atoms with Crippen LogP contribution in [0.4, 0.5) is 0 Å². The van der Waals surface area contributed by atoms with Gasteiger partial charge in [-0.2, -0.15) is 0 Å². The highest BCUT2D eigenvalue weighted by Gasteiger charge is 2.24. The van der Waals surface area contributed by atoms with Crippen LogP contribution in [0.2, 0.25) is 0 Å². The van der Waals surface area contributed by atoms with Gasteiger partial charge in [0, 0.05) is 24.9 Å². The maximum atomic E-state index is 6.00. The molecule has 21 heavy (non-hydrogen) atoms. The molecule has 0 bridgehead atoms. The summed E-state index contributed by atoms with van der Waals surface area (Å²) in [5.41, 5.74) is 3.65. The summed E-state index contributed by atoms with van der Waals surface area (Å²) in [6.07, 6.45) is 3.35. The van der Waals surface area contributed by atoms with Crippen molar-refractivity contribution < 1.29 is 0 Å². The number of fused-ring (bicyclic) bond motifs is 1. The number of hydrogen-bond donors (Lipinski definition) is 0. The van der Waals surface area contributed by atoms with Gasteiger partial charge < -0.3 is 9.47 Å². The molecule has 0 spiro atoms. The van der Waals surface area contributed by atoms with Crippen molar-refractivity contribution in [3.8, 4) is 0 Å². The van der Waals surface area contributed by atoms with Crippen molar-refractivity contribution in [1.82, 2.24) is 14.5 Å². The van der Waals surface area contributed by atoms with Crippen molar-refractivity contribution >= 4 is 22.6 Å². The van der Waals surface area contributed by atoms with Crippen LogP contribution < -0.4 is 0 Å². The topological polar surface area (TPSA) is 21.1 Å². The molecule has 0 N–H and O–H groups in total. The number of benzene rings is 1. The molecule has 2 heterocycles. The fraction of sp³-hybridized carbons (Fsp3) is 0.588. The lowest BCUT2D eigenvalue weighted by Crippen LogP contribution is -2.36. The lowest BCUT2D eigenvalue weighted by molar-refractivity contribution is 0.186. The Kier molecular flexibility index (Phi) is 4.51. The van der Waals surface area contributed by atoms with Gasteiger partial charge in [-0.05, 0) is 50.6 Å². The molecule has 3 rings (SSSR count). The maximum Gasteiger partial charge on any atom is 0.111 e. The number of hydrogen-bond acceptors (Lipinski definition) is 2. The van der Waals surface area contributed by atoms with Crippen LogP contribution in [0.1, 0.15) is 37.2 Å². The predicted octanol–water partition coefficient (Wildman–Crippen LogP) is 3.78. The molecule has 0 saturated carbocycles. The summed E-state index contributed by atoms with van der Waals surface area (Å²) in [5.74, 6) is 1.78. The minimum Gasteiger partial charge on any atom is -0.324 e. The number of likely N-dealkylation sites (N-methyl/N-ethyl adjacent to an activating group) is 1. The van der Waals surface area contributed by atoms with Crippen molar-refractivity contribution in [2.24, 2.45) is 0 Å². The molecule has 114 valence electrons. The predicted molar refractivity (Wildman–Crippen MR) is 89.3 cm³/mol. The molecule has 0 aliphatic carbocycles. The summed E-state index contributed by atoms with van der Waals surface area (Å²) in [7, 11) is 0. The zero-order chi connectivity index (χ0) is 14.8. The molecule has 1 aromatic carbocycles. The Balaban J connectivity index is 2.04. The number of alkyl halides is 1. The number of aryl methyl sites for hydroxylation is 2. The normalized spacial score (nSPS) is 20.2. The van der Waals surface area contributed by atoms with Crippen molar-refractivity contribution in [2.75, 3.05) is 25.5 Å². The zero-order valence-corrected chi connectivity index (χ0v) is 13.7. The van der Waals surface area contributed by atoms with Crippen LogP contribution in [0.5, 0.6) is 0 Å². The van der Waals surface area contributed by atoms with E-state index >= 15 is 0 Å². The minimum absolute atomic E-state index is 0.532. The molecule has 3 nitrogen and oxygen atoms in total. The molecule has 2 aromatic rings. The fourth-order valence-corrected chi connectivity index (χ4v) is 3.63. The van der Waals surface area contributed by atoms with E-state index in [4.69, 9.17) is 16.6 Å². The lowest BCUT2D eigenvalue weighted by Gasteiger charge is -2.33. The Bertz CT molecular complexity index is 620. The molecular weight excluding hydrogens is 282 g/mol. The summed E-state index contributed by atoms with van der Waals surface area (Å²) < 4.78 is 2.46. The number of nitrogens with zero attached hydrogens (tertiary/aromatic N) is 3. The number of rotatable bonds is 4. The summed E-state index contributed by atoms with van der Waals surface area (Å²) in [6.45, 7) is 7.86. The van der Waals surface area contributed by atoms with Crippen molar-refractivity contribution in [2.45, 2.75) is 39.2 Å². The van der Waals surface area contributed by atoms with E-state index in [0.29, 0.717) is 11.9 Å². The molecule has 1 aliphatic heterocycles. The molecule has 0 amide bonds. The number of piperidine rings is 1. The molecule has 1 unspecified atom stereocenters. The Morgan fingerprint density at radius 1 is 1.38 bits per heavy atom. The smallest absolute Gasteiger partial charge is 0.111 e. The van der Waals surface area contributed by atoms with Crippen molar-refractivity contribution in [1.29, 1.82) is 0 Å². The van der Waals surface area contributed by atoms with Crippen LogP contribution in [0.15, 0.2) is 18.2 Å². The van der Waals surface area contributed by atoms with E-state index in [1.807, 2.05) is 0 Å². The van der Waals surface area contributed by atoms with Gasteiger partial charge >= 0.3 is 0 Å². The van der Waals surface area contributed by atoms with E-state index in [-0.39, 0.29) is 0 Å². The van der Waals surface area contributed by atoms with Gasteiger partial charge in [0.2, 0.25) is 0 Å². The van der Waals surface area contributed by atoms with Gasteiger partial charge in [0.25, 0.3) is 0 Å². The summed E-state index contributed by atoms with van der Waals surface area (Å²) >= 11 is 6.00. The highest BCUT2D eigenvalue weighted by Crippen LogP contribution is 2.28. The van der Waals surface area contributed by atoms with Gasteiger partial charge in [0.1, 0.15) is 5.82 Å². The van der Waals surface area contributed by atoms with Gasteiger partial charge in [0.05, 0.1) is 11.0 Å². The third-order valence-corrected chi connectivity index (χ3v) is 4.72. The van der Waals surface area contributed by atoms with Crippen LogP contribution >= 0.6 is 11.6 Å². The van der Waals surface area contributed by atoms with Crippen LogP contribution in [-0.2, 0) is 6.42 Å². The van der Waals surface area contributed by atoms with Gasteiger partial charge in [-0.25, -0.2) is 4.98 Å².